The number of anilines is 2. The summed E-state index contributed by atoms with van der Waals surface area (Å²) in [5.74, 6) is -0.0752. The van der Waals surface area contributed by atoms with E-state index in [2.05, 4.69) is 15.5 Å². The van der Waals surface area contributed by atoms with Gasteiger partial charge in [0, 0.05) is 19.0 Å². The van der Waals surface area contributed by atoms with Gasteiger partial charge in [0.1, 0.15) is 5.75 Å². The number of amides is 1. The van der Waals surface area contributed by atoms with E-state index >= 15 is 0 Å². The van der Waals surface area contributed by atoms with Crippen LogP contribution < -0.4 is 10.2 Å². The molecule has 2 aromatic rings. The van der Waals surface area contributed by atoms with Crippen molar-refractivity contribution in [1.82, 2.24) is 10.2 Å². The third-order valence-electron chi connectivity index (χ3n) is 4.29. The number of nitrogens with zero attached hydrogens (tertiary/aromatic N) is 3. The minimum atomic E-state index is -4.51. The number of halogens is 3. The summed E-state index contributed by atoms with van der Waals surface area (Å²) >= 11 is 0. The van der Waals surface area contributed by atoms with Crippen molar-refractivity contribution in [3.05, 3.63) is 42.1 Å². The number of aromatic nitrogens is 2. The van der Waals surface area contributed by atoms with E-state index in [0.29, 0.717) is 37.4 Å². The minimum absolute atomic E-state index is 0.00156. The maximum Gasteiger partial charge on any atom is 0.435 e. The number of para-hydroxylation sites is 2. The molecule has 1 aromatic heterocycles. The topological polar surface area (TPSA) is 78.4 Å². The molecule has 2 N–H and O–H groups in total. The number of aromatic hydroxyl groups is 1. The molecule has 0 atom stereocenters. The van der Waals surface area contributed by atoms with Crippen LogP contribution in [0.1, 0.15) is 18.5 Å². The highest BCUT2D eigenvalue weighted by Gasteiger charge is 2.33. The highest BCUT2D eigenvalue weighted by Crippen LogP contribution is 2.29. The van der Waals surface area contributed by atoms with Crippen molar-refractivity contribution in [2.24, 2.45) is 5.92 Å². The number of phenolic OH excluding ortho intramolecular Hbond substituents is 1. The molecular formula is C17H17F3N4O2. The molecule has 2 heterocycles. The monoisotopic (exact) mass is 366 g/mol. The number of rotatable bonds is 3. The predicted octanol–water partition coefficient (Wildman–Crippen LogP) is 3.06. The largest absolute Gasteiger partial charge is 0.506 e. The predicted molar refractivity (Wildman–Crippen MR) is 88.7 cm³/mol. The smallest absolute Gasteiger partial charge is 0.435 e. The molecule has 3 rings (SSSR count). The van der Waals surface area contributed by atoms with Gasteiger partial charge >= 0.3 is 6.18 Å². The van der Waals surface area contributed by atoms with Crippen molar-refractivity contribution in [3.63, 3.8) is 0 Å². The summed E-state index contributed by atoms with van der Waals surface area (Å²) in [6.45, 7) is 0.970. The first-order chi connectivity index (χ1) is 12.3. The lowest BCUT2D eigenvalue weighted by atomic mass is 9.95. The number of carbonyl (C=O) groups is 1. The van der Waals surface area contributed by atoms with Gasteiger partial charge in [-0.2, -0.15) is 13.2 Å². The van der Waals surface area contributed by atoms with E-state index in [0.717, 1.165) is 6.07 Å². The first kappa shape index (κ1) is 18.0. The highest BCUT2D eigenvalue weighted by atomic mass is 19.4. The van der Waals surface area contributed by atoms with Crippen LogP contribution in [-0.4, -0.2) is 34.3 Å². The number of benzene rings is 1. The van der Waals surface area contributed by atoms with E-state index in [9.17, 15) is 23.1 Å². The molecule has 138 valence electrons. The number of alkyl halides is 3. The lowest BCUT2D eigenvalue weighted by Crippen LogP contribution is -2.38. The molecule has 1 saturated heterocycles. The third kappa shape index (κ3) is 4.04. The fraction of sp³-hybridized carbons (Fsp3) is 0.353. The van der Waals surface area contributed by atoms with Crippen molar-refractivity contribution in [1.29, 1.82) is 0 Å². The number of hydrogen-bond acceptors (Lipinski definition) is 5. The maximum absolute atomic E-state index is 12.5. The molecule has 0 spiro atoms. The Morgan fingerprint density at radius 3 is 2.38 bits per heavy atom. The van der Waals surface area contributed by atoms with Crippen LogP contribution in [-0.2, 0) is 11.0 Å². The van der Waals surface area contributed by atoms with Gasteiger partial charge in [-0.05, 0) is 37.1 Å². The molecule has 1 aliphatic heterocycles. The number of phenols is 1. The molecule has 1 aromatic carbocycles. The maximum atomic E-state index is 12.5. The Bertz CT molecular complexity index is 772. The first-order valence-corrected chi connectivity index (χ1v) is 8.09. The molecule has 1 amide bonds. The van der Waals surface area contributed by atoms with Gasteiger partial charge in [0.25, 0.3) is 0 Å². The van der Waals surface area contributed by atoms with Gasteiger partial charge in [0.15, 0.2) is 11.5 Å². The van der Waals surface area contributed by atoms with Gasteiger partial charge in [0.05, 0.1) is 5.69 Å². The number of hydrogen-bond donors (Lipinski definition) is 2. The zero-order chi connectivity index (χ0) is 18.7. The van der Waals surface area contributed by atoms with Gasteiger partial charge in [-0.1, -0.05) is 12.1 Å². The first-order valence-electron chi connectivity index (χ1n) is 8.09. The zero-order valence-electron chi connectivity index (χ0n) is 13.7. The fourth-order valence-corrected chi connectivity index (χ4v) is 2.83. The Kier molecular flexibility index (Phi) is 4.97. The van der Waals surface area contributed by atoms with E-state index < -0.39 is 11.9 Å². The van der Waals surface area contributed by atoms with Crippen LogP contribution in [0.5, 0.6) is 5.75 Å². The zero-order valence-corrected chi connectivity index (χ0v) is 13.7. The van der Waals surface area contributed by atoms with Crippen molar-refractivity contribution in [2.45, 2.75) is 19.0 Å². The Labute approximate surface area is 147 Å². The molecule has 6 nitrogen and oxygen atoms in total. The summed E-state index contributed by atoms with van der Waals surface area (Å²) in [5, 5.41) is 19.3. The summed E-state index contributed by atoms with van der Waals surface area (Å²) in [4.78, 5) is 14.1. The second kappa shape index (κ2) is 7.19. The van der Waals surface area contributed by atoms with Crippen LogP contribution in [0.4, 0.5) is 24.7 Å². The average Bonchev–Trinajstić information content (AvgIpc) is 2.63. The lowest BCUT2D eigenvalue weighted by Gasteiger charge is -2.31. The molecule has 0 aliphatic carbocycles. The quantitative estimate of drug-likeness (QED) is 0.817. The van der Waals surface area contributed by atoms with Gasteiger partial charge in [-0.25, -0.2) is 0 Å². The molecule has 0 unspecified atom stereocenters. The van der Waals surface area contributed by atoms with E-state index in [1.807, 2.05) is 0 Å². The Hall–Kier alpha value is -2.84. The van der Waals surface area contributed by atoms with Crippen molar-refractivity contribution >= 4 is 17.4 Å². The summed E-state index contributed by atoms with van der Waals surface area (Å²) in [6.07, 6.45) is -3.45. The summed E-state index contributed by atoms with van der Waals surface area (Å²) in [6, 6.07) is 8.66. The van der Waals surface area contributed by atoms with Crippen molar-refractivity contribution < 1.29 is 23.1 Å². The highest BCUT2D eigenvalue weighted by molar-refractivity contribution is 5.94. The summed E-state index contributed by atoms with van der Waals surface area (Å²) < 4.78 is 37.6. The van der Waals surface area contributed by atoms with Crippen molar-refractivity contribution in [3.8, 4) is 5.75 Å². The van der Waals surface area contributed by atoms with Gasteiger partial charge in [-0.15, -0.1) is 10.2 Å². The normalized spacial score (nSPS) is 15.7. The van der Waals surface area contributed by atoms with Crippen LogP contribution in [0.25, 0.3) is 0 Å². The van der Waals surface area contributed by atoms with Crippen LogP contribution in [0, 0.1) is 5.92 Å². The molecular weight excluding hydrogens is 349 g/mol. The molecule has 1 aliphatic rings. The Morgan fingerprint density at radius 2 is 1.81 bits per heavy atom. The number of nitrogens with one attached hydrogen (secondary N) is 1. The van der Waals surface area contributed by atoms with Crippen LogP contribution >= 0.6 is 0 Å². The second-order valence-electron chi connectivity index (χ2n) is 6.04. The molecule has 0 saturated carbocycles. The lowest BCUT2D eigenvalue weighted by molar-refractivity contribution is -0.141. The Balaban J connectivity index is 1.57. The molecule has 1 fully saturated rings. The van der Waals surface area contributed by atoms with Crippen LogP contribution in [0.3, 0.4) is 0 Å². The van der Waals surface area contributed by atoms with E-state index in [4.69, 9.17) is 0 Å². The summed E-state index contributed by atoms with van der Waals surface area (Å²) in [7, 11) is 0. The standard InChI is InChI=1S/C17H17F3N4O2/c18-17(19,20)14-5-6-15(23-22-14)24-9-7-11(8-10-24)16(26)21-12-3-1-2-4-13(12)25/h1-6,11,25H,7-10H2,(H,21,26). The minimum Gasteiger partial charge on any atom is -0.506 e. The average molecular weight is 366 g/mol. The SMILES string of the molecule is O=C(Nc1ccccc1O)C1CCN(c2ccc(C(F)(F)F)nn2)CC1. The summed E-state index contributed by atoms with van der Waals surface area (Å²) in [5.41, 5.74) is -0.674. The van der Waals surface area contributed by atoms with Gasteiger partial charge < -0.3 is 15.3 Å². The molecule has 0 bridgehead atoms. The third-order valence-corrected chi connectivity index (χ3v) is 4.29. The van der Waals surface area contributed by atoms with Crippen LogP contribution in [0.15, 0.2) is 36.4 Å². The van der Waals surface area contributed by atoms with E-state index in [-0.39, 0.29) is 17.6 Å². The molecule has 9 heteroatoms. The van der Waals surface area contributed by atoms with Gasteiger partial charge in [0.2, 0.25) is 5.91 Å². The van der Waals surface area contributed by atoms with Gasteiger partial charge in [-0.3, -0.25) is 4.79 Å². The molecule has 0 radical (unpaired) electrons. The van der Waals surface area contributed by atoms with E-state index in [1.54, 1.807) is 23.1 Å². The van der Waals surface area contributed by atoms with Crippen LogP contribution in [0.2, 0.25) is 0 Å². The van der Waals surface area contributed by atoms with E-state index in [1.165, 1.54) is 12.1 Å². The molecule has 26 heavy (non-hydrogen) atoms. The fourth-order valence-electron chi connectivity index (χ4n) is 2.83. The van der Waals surface area contributed by atoms with Crippen molar-refractivity contribution in [2.75, 3.05) is 23.3 Å². The Morgan fingerprint density at radius 1 is 1.12 bits per heavy atom. The second-order valence-corrected chi connectivity index (χ2v) is 6.04. The number of piperidine rings is 1. The number of carbonyl (C=O) groups excluding carboxylic acids is 1.